The van der Waals surface area contributed by atoms with Gasteiger partial charge in [-0.15, -0.1) is 0 Å². The summed E-state index contributed by atoms with van der Waals surface area (Å²) in [5.74, 6) is 0. The first-order valence-corrected chi connectivity index (χ1v) is 18.3. The minimum atomic E-state index is -2.37. The summed E-state index contributed by atoms with van der Waals surface area (Å²) in [7, 11) is -2.37. The average molecular weight is 652 g/mol. The largest absolute Gasteiger partial charge is 0.339 e. The first-order valence-electron chi connectivity index (χ1n) is 15.3. The van der Waals surface area contributed by atoms with Gasteiger partial charge in [0.1, 0.15) is 0 Å². The molecular weight excluding hydrogens is 618 g/mol. The van der Waals surface area contributed by atoms with Crippen LogP contribution >= 0.6 is 23.2 Å². The van der Waals surface area contributed by atoms with E-state index in [0.717, 1.165) is 16.2 Å². The third-order valence-corrected chi connectivity index (χ3v) is 13.6. The van der Waals surface area contributed by atoms with E-state index in [1.165, 1.54) is 31.9 Å². The zero-order chi connectivity index (χ0) is 31.6. The molecule has 6 aromatic carbocycles. The van der Waals surface area contributed by atoms with Gasteiger partial charge in [0.15, 0.2) is 8.07 Å². The van der Waals surface area contributed by atoms with Crippen molar-refractivity contribution in [2.75, 3.05) is 0 Å². The molecule has 0 aliphatic carbocycles. The molecule has 224 valence electrons. The van der Waals surface area contributed by atoms with Crippen molar-refractivity contribution in [1.29, 1.82) is 0 Å². The van der Waals surface area contributed by atoms with Crippen molar-refractivity contribution in [3.63, 3.8) is 0 Å². The predicted molar refractivity (Wildman–Crippen MR) is 200 cm³/mol. The lowest BCUT2D eigenvalue weighted by Crippen LogP contribution is -2.69. The van der Waals surface area contributed by atoms with Gasteiger partial charge >= 0.3 is 0 Å². The normalized spacial score (nSPS) is 10.9. The lowest BCUT2D eigenvalue weighted by molar-refractivity contribution is 0.862. The molecular formula is C40H33BCl2N2Si. The molecule has 0 spiro atoms. The average Bonchev–Trinajstić information content (AvgIpc) is 3.64. The Bertz CT molecular complexity index is 1760. The van der Waals surface area contributed by atoms with Crippen LogP contribution in [-0.4, -0.2) is 24.3 Å². The second-order valence-electron chi connectivity index (χ2n) is 11.2. The van der Waals surface area contributed by atoms with Crippen LogP contribution in [-0.2, 0) is 6.17 Å². The number of halogens is 2. The molecule has 0 bridgehead atoms. The van der Waals surface area contributed by atoms with E-state index < -0.39 is 8.07 Å². The van der Waals surface area contributed by atoms with Gasteiger partial charge in [0.05, 0.1) is 6.33 Å². The van der Waals surface area contributed by atoms with E-state index in [1.807, 2.05) is 43.0 Å². The van der Waals surface area contributed by atoms with Crippen LogP contribution in [0.3, 0.4) is 0 Å². The first kappa shape index (κ1) is 31.4. The van der Waals surface area contributed by atoms with Gasteiger partial charge in [-0.1, -0.05) is 185 Å². The molecule has 46 heavy (non-hydrogen) atoms. The summed E-state index contributed by atoms with van der Waals surface area (Å²) in [4.78, 5) is 4.26. The Morgan fingerprint density at radius 2 is 0.848 bits per heavy atom. The Morgan fingerprint density at radius 3 is 1.22 bits per heavy atom. The van der Waals surface area contributed by atoms with Crippen molar-refractivity contribution < 1.29 is 0 Å². The van der Waals surface area contributed by atoms with Crippen molar-refractivity contribution in [1.82, 2.24) is 9.55 Å². The SMILES string of the molecule is Clc1ccc([Si](Cn2ccnc2)(c2ccccc2)c2ccc(Cl)cc2)cc1.c1ccc(B(c2ccccc2)c2ccccc2)cc1. The molecule has 0 saturated heterocycles. The van der Waals surface area contributed by atoms with Crippen LogP contribution in [0.15, 0.2) is 189 Å². The number of hydrogen-bond acceptors (Lipinski definition) is 1. The van der Waals surface area contributed by atoms with E-state index in [0.29, 0.717) is 6.71 Å². The highest BCUT2D eigenvalue weighted by molar-refractivity contribution is 7.10. The van der Waals surface area contributed by atoms with Gasteiger partial charge in [-0.3, -0.25) is 0 Å². The molecule has 0 atom stereocenters. The molecule has 0 unspecified atom stereocenters. The molecule has 0 amide bonds. The second kappa shape index (κ2) is 15.1. The number of nitrogens with zero attached hydrogens (tertiary/aromatic N) is 2. The molecule has 0 saturated carbocycles. The highest BCUT2D eigenvalue weighted by Crippen LogP contribution is 2.15. The van der Waals surface area contributed by atoms with Crippen LogP contribution < -0.4 is 31.9 Å². The van der Waals surface area contributed by atoms with Gasteiger partial charge in [0, 0.05) is 28.6 Å². The standard InChI is InChI=1S/C22H18Cl2N2Si.C18H15B/c23-18-6-10-21(11-7-18)27(17-26-15-14-25-16-26,20-4-2-1-3-5-20)22-12-8-19(24)9-13-22;1-4-10-16(11-5-1)19(17-12-6-2-7-13-17)18-14-8-3-9-15-18/h1-16H,17H2;1-15H. The Morgan fingerprint density at radius 1 is 0.478 bits per heavy atom. The number of imidazole rings is 1. The zero-order valence-corrected chi connectivity index (χ0v) is 27.8. The smallest absolute Gasteiger partial charge is 0.241 e. The number of aromatic nitrogens is 2. The predicted octanol–water partition coefficient (Wildman–Crippen LogP) is 6.10. The number of benzene rings is 6. The minimum absolute atomic E-state index is 0.309. The van der Waals surface area contributed by atoms with Gasteiger partial charge in [0.25, 0.3) is 0 Å². The minimum Gasteiger partial charge on any atom is -0.339 e. The molecule has 2 nitrogen and oxygen atoms in total. The van der Waals surface area contributed by atoms with Gasteiger partial charge in [0.2, 0.25) is 6.71 Å². The van der Waals surface area contributed by atoms with Crippen LogP contribution in [0.2, 0.25) is 10.0 Å². The summed E-state index contributed by atoms with van der Waals surface area (Å²) in [6.07, 6.45) is 6.58. The van der Waals surface area contributed by atoms with Gasteiger partial charge in [-0.2, -0.15) is 0 Å². The molecule has 0 aliphatic rings. The fraction of sp³-hybridized carbons (Fsp3) is 0.0250. The third-order valence-electron chi connectivity index (χ3n) is 8.32. The Labute approximate surface area is 283 Å². The number of rotatable bonds is 8. The molecule has 1 aromatic heterocycles. The Hall–Kier alpha value is -4.61. The third kappa shape index (κ3) is 7.27. The lowest BCUT2D eigenvalue weighted by Gasteiger charge is -2.34. The van der Waals surface area contributed by atoms with Crippen LogP contribution in [0.4, 0.5) is 0 Å². The molecule has 7 rings (SSSR count). The zero-order valence-electron chi connectivity index (χ0n) is 25.3. The van der Waals surface area contributed by atoms with E-state index in [-0.39, 0.29) is 0 Å². The van der Waals surface area contributed by atoms with E-state index in [9.17, 15) is 0 Å². The molecule has 0 aliphatic heterocycles. The summed E-state index contributed by atoms with van der Waals surface area (Å²) in [6, 6.07) is 59.3. The molecule has 0 radical (unpaired) electrons. The highest BCUT2D eigenvalue weighted by Gasteiger charge is 2.39. The monoisotopic (exact) mass is 650 g/mol. The summed E-state index contributed by atoms with van der Waals surface area (Å²) in [5.41, 5.74) is 4.00. The quantitative estimate of drug-likeness (QED) is 0.144. The van der Waals surface area contributed by atoms with E-state index in [4.69, 9.17) is 23.2 Å². The summed E-state index contributed by atoms with van der Waals surface area (Å²) in [6.45, 7) is 0.309. The fourth-order valence-corrected chi connectivity index (χ4v) is 10.9. The Kier molecular flexibility index (Phi) is 10.3. The number of hydrogen-bond donors (Lipinski definition) is 0. The molecule has 0 fully saturated rings. The van der Waals surface area contributed by atoms with Crippen molar-refractivity contribution in [3.8, 4) is 0 Å². The fourth-order valence-electron chi connectivity index (χ4n) is 6.13. The topological polar surface area (TPSA) is 17.8 Å². The van der Waals surface area contributed by atoms with Crippen molar-refractivity contribution in [2.24, 2.45) is 0 Å². The maximum atomic E-state index is 6.20. The van der Waals surface area contributed by atoms with Crippen molar-refractivity contribution in [3.05, 3.63) is 199 Å². The molecule has 1 heterocycles. The van der Waals surface area contributed by atoms with E-state index >= 15 is 0 Å². The summed E-state index contributed by atoms with van der Waals surface area (Å²) in [5, 5.41) is 5.42. The van der Waals surface area contributed by atoms with Crippen LogP contribution in [0.5, 0.6) is 0 Å². The molecule has 0 N–H and O–H groups in total. The summed E-state index contributed by atoms with van der Waals surface area (Å²) < 4.78 is 2.17. The van der Waals surface area contributed by atoms with Gasteiger partial charge < -0.3 is 4.57 Å². The van der Waals surface area contributed by atoms with Crippen LogP contribution in [0.1, 0.15) is 0 Å². The van der Waals surface area contributed by atoms with Crippen molar-refractivity contribution >= 4 is 69.9 Å². The van der Waals surface area contributed by atoms with Crippen LogP contribution in [0.25, 0.3) is 0 Å². The van der Waals surface area contributed by atoms with E-state index in [2.05, 4.69) is 155 Å². The highest BCUT2D eigenvalue weighted by atomic mass is 35.5. The lowest BCUT2D eigenvalue weighted by atomic mass is 9.37. The Balaban J connectivity index is 0.000000172. The summed E-state index contributed by atoms with van der Waals surface area (Å²) >= 11 is 12.4. The maximum Gasteiger partial charge on any atom is 0.241 e. The van der Waals surface area contributed by atoms with Gasteiger partial charge in [-0.05, 0) is 39.8 Å². The van der Waals surface area contributed by atoms with Gasteiger partial charge in [-0.25, -0.2) is 4.98 Å². The molecule has 7 aromatic rings. The second-order valence-corrected chi connectivity index (χ2v) is 15.9. The van der Waals surface area contributed by atoms with Crippen molar-refractivity contribution in [2.45, 2.75) is 6.17 Å². The maximum absolute atomic E-state index is 6.20. The van der Waals surface area contributed by atoms with E-state index in [1.54, 1.807) is 0 Å². The van der Waals surface area contributed by atoms with Crippen LogP contribution in [0, 0.1) is 0 Å². The first-order chi connectivity index (χ1) is 22.6. The molecule has 6 heteroatoms.